The minimum Gasteiger partial charge on any atom is -0.264 e. The van der Waals surface area contributed by atoms with Crippen LogP contribution in [0.2, 0.25) is 0 Å². The van der Waals surface area contributed by atoms with Gasteiger partial charge >= 0.3 is 0 Å². The van der Waals surface area contributed by atoms with Gasteiger partial charge in [-0.15, -0.1) is 0 Å². The van der Waals surface area contributed by atoms with E-state index in [-0.39, 0.29) is 0 Å². The van der Waals surface area contributed by atoms with E-state index in [1.165, 1.54) is 0 Å². The van der Waals surface area contributed by atoms with Crippen molar-refractivity contribution in [2.45, 2.75) is 6.92 Å². The van der Waals surface area contributed by atoms with Crippen molar-refractivity contribution < 1.29 is 0 Å². The summed E-state index contributed by atoms with van der Waals surface area (Å²) in [6, 6.07) is 1.86. The van der Waals surface area contributed by atoms with E-state index in [1.54, 1.807) is 24.7 Å². The molecule has 0 amide bonds. The zero-order valence-electron chi connectivity index (χ0n) is 6.49. The van der Waals surface area contributed by atoms with Gasteiger partial charge in [0.1, 0.15) is 0 Å². The molecule has 1 aromatic rings. The Morgan fingerprint density at radius 3 is 3.09 bits per heavy atom. The predicted octanol–water partition coefficient (Wildman–Crippen LogP) is 2.45. The maximum atomic E-state index is 4.14. The SMILES string of the molecule is C=Cc1cnccc1N=CC. The van der Waals surface area contributed by atoms with Crippen LogP contribution in [-0.4, -0.2) is 11.2 Å². The summed E-state index contributed by atoms with van der Waals surface area (Å²) in [5.41, 5.74) is 1.88. The van der Waals surface area contributed by atoms with Gasteiger partial charge in [0.05, 0.1) is 5.69 Å². The van der Waals surface area contributed by atoms with E-state index in [1.807, 2.05) is 13.0 Å². The highest BCUT2D eigenvalue weighted by atomic mass is 14.7. The van der Waals surface area contributed by atoms with E-state index in [0.717, 1.165) is 11.3 Å². The van der Waals surface area contributed by atoms with E-state index in [4.69, 9.17) is 0 Å². The van der Waals surface area contributed by atoms with Crippen molar-refractivity contribution >= 4 is 18.0 Å². The molecule has 0 bridgehead atoms. The summed E-state index contributed by atoms with van der Waals surface area (Å²) in [5, 5.41) is 0. The molecule has 0 saturated heterocycles. The summed E-state index contributed by atoms with van der Waals surface area (Å²) in [4.78, 5) is 8.09. The summed E-state index contributed by atoms with van der Waals surface area (Å²) in [6.45, 7) is 5.54. The van der Waals surface area contributed by atoms with Crippen LogP contribution in [-0.2, 0) is 0 Å². The smallest absolute Gasteiger partial charge is 0.0728 e. The molecule has 0 aliphatic carbocycles. The maximum Gasteiger partial charge on any atom is 0.0728 e. The molecular weight excluding hydrogens is 136 g/mol. The lowest BCUT2D eigenvalue weighted by atomic mass is 10.2. The third kappa shape index (κ3) is 1.74. The van der Waals surface area contributed by atoms with Crippen LogP contribution in [0.25, 0.3) is 6.08 Å². The fourth-order valence-corrected chi connectivity index (χ4v) is 0.813. The minimum atomic E-state index is 0.914. The molecule has 0 spiro atoms. The summed E-state index contributed by atoms with van der Waals surface area (Å²) in [6.07, 6.45) is 6.96. The van der Waals surface area contributed by atoms with Crippen molar-refractivity contribution in [3.05, 3.63) is 30.6 Å². The number of aliphatic imine (C=N–C) groups is 1. The monoisotopic (exact) mass is 146 g/mol. The van der Waals surface area contributed by atoms with Gasteiger partial charge in [-0.25, -0.2) is 0 Å². The largest absolute Gasteiger partial charge is 0.264 e. The van der Waals surface area contributed by atoms with Gasteiger partial charge in [-0.2, -0.15) is 0 Å². The first-order valence-electron chi connectivity index (χ1n) is 3.43. The molecule has 0 fully saturated rings. The lowest BCUT2D eigenvalue weighted by molar-refractivity contribution is 1.30. The highest BCUT2D eigenvalue weighted by Gasteiger charge is 1.92. The highest BCUT2D eigenvalue weighted by molar-refractivity contribution is 5.67. The molecule has 0 atom stereocenters. The zero-order chi connectivity index (χ0) is 8.10. The summed E-state index contributed by atoms with van der Waals surface area (Å²) >= 11 is 0. The van der Waals surface area contributed by atoms with Crippen molar-refractivity contribution in [3.8, 4) is 0 Å². The van der Waals surface area contributed by atoms with E-state index >= 15 is 0 Å². The second kappa shape index (κ2) is 3.66. The molecule has 1 heterocycles. The van der Waals surface area contributed by atoms with Crippen molar-refractivity contribution in [3.63, 3.8) is 0 Å². The van der Waals surface area contributed by atoms with Crippen molar-refractivity contribution in [1.29, 1.82) is 0 Å². The molecule has 0 saturated carbocycles. The Bertz CT molecular complexity index is 277. The first-order chi connectivity index (χ1) is 5.38. The van der Waals surface area contributed by atoms with Gasteiger partial charge in [0.2, 0.25) is 0 Å². The van der Waals surface area contributed by atoms with Crippen molar-refractivity contribution in [2.24, 2.45) is 4.99 Å². The molecule has 11 heavy (non-hydrogen) atoms. The number of hydrogen-bond acceptors (Lipinski definition) is 2. The Morgan fingerprint density at radius 2 is 2.45 bits per heavy atom. The highest BCUT2D eigenvalue weighted by Crippen LogP contribution is 2.17. The quantitative estimate of drug-likeness (QED) is 0.588. The van der Waals surface area contributed by atoms with Gasteiger partial charge < -0.3 is 0 Å². The van der Waals surface area contributed by atoms with Crippen LogP contribution in [0.4, 0.5) is 5.69 Å². The molecule has 0 radical (unpaired) electrons. The van der Waals surface area contributed by atoms with Gasteiger partial charge in [0.15, 0.2) is 0 Å². The van der Waals surface area contributed by atoms with E-state index in [2.05, 4.69) is 16.6 Å². The first kappa shape index (κ1) is 7.66. The Labute approximate surface area is 66.3 Å². The maximum absolute atomic E-state index is 4.14. The third-order valence-electron chi connectivity index (χ3n) is 1.32. The predicted molar refractivity (Wildman–Crippen MR) is 48.2 cm³/mol. The zero-order valence-corrected chi connectivity index (χ0v) is 6.49. The van der Waals surface area contributed by atoms with Crippen LogP contribution in [0.15, 0.2) is 30.0 Å². The molecule has 56 valence electrons. The van der Waals surface area contributed by atoms with Crippen molar-refractivity contribution in [1.82, 2.24) is 4.98 Å². The van der Waals surface area contributed by atoms with Crippen LogP contribution in [0.3, 0.4) is 0 Å². The second-order valence-electron chi connectivity index (χ2n) is 2.03. The number of aromatic nitrogens is 1. The Balaban J connectivity index is 3.11. The Morgan fingerprint density at radius 1 is 1.64 bits per heavy atom. The number of rotatable bonds is 2. The van der Waals surface area contributed by atoms with Crippen LogP contribution in [0.5, 0.6) is 0 Å². The molecule has 0 unspecified atom stereocenters. The van der Waals surface area contributed by atoms with E-state index < -0.39 is 0 Å². The minimum absolute atomic E-state index is 0.914. The second-order valence-corrected chi connectivity index (χ2v) is 2.03. The summed E-state index contributed by atoms with van der Waals surface area (Å²) < 4.78 is 0. The summed E-state index contributed by atoms with van der Waals surface area (Å²) in [5.74, 6) is 0. The van der Waals surface area contributed by atoms with Gasteiger partial charge in [-0.1, -0.05) is 12.7 Å². The van der Waals surface area contributed by atoms with Gasteiger partial charge in [0.25, 0.3) is 0 Å². The molecule has 2 nitrogen and oxygen atoms in total. The molecule has 0 aliphatic heterocycles. The molecular formula is C9H10N2. The molecule has 1 rings (SSSR count). The Hall–Kier alpha value is -1.44. The summed E-state index contributed by atoms with van der Waals surface area (Å²) in [7, 11) is 0. The molecule has 0 aliphatic rings. The number of nitrogens with zero attached hydrogens (tertiary/aromatic N) is 2. The molecule has 0 aromatic carbocycles. The molecule has 1 aromatic heterocycles. The third-order valence-corrected chi connectivity index (χ3v) is 1.32. The normalized spacial score (nSPS) is 10.3. The molecule has 2 heteroatoms. The first-order valence-corrected chi connectivity index (χ1v) is 3.43. The number of pyridine rings is 1. The van der Waals surface area contributed by atoms with Crippen LogP contribution in [0, 0.1) is 0 Å². The lowest BCUT2D eigenvalue weighted by Crippen LogP contribution is -1.76. The topological polar surface area (TPSA) is 25.2 Å². The number of hydrogen-bond donors (Lipinski definition) is 0. The van der Waals surface area contributed by atoms with Crippen LogP contribution >= 0.6 is 0 Å². The fourth-order valence-electron chi connectivity index (χ4n) is 0.813. The fraction of sp³-hybridized carbons (Fsp3) is 0.111. The van der Waals surface area contributed by atoms with E-state index in [0.29, 0.717) is 0 Å². The average Bonchev–Trinajstić information content (AvgIpc) is 2.06. The average molecular weight is 146 g/mol. The van der Waals surface area contributed by atoms with Gasteiger partial charge in [-0.05, 0) is 13.0 Å². The Kier molecular flexibility index (Phi) is 2.55. The molecule has 0 N–H and O–H groups in total. The van der Waals surface area contributed by atoms with Crippen molar-refractivity contribution in [2.75, 3.05) is 0 Å². The van der Waals surface area contributed by atoms with Crippen LogP contribution < -0.4 is 0 Å². The lowest BCUT2D eigenvalue weighted by Gasteiger charge is -1.96. The van der Waals surface area contributed by atoms with Gasteiger partial charge in [-0.3, -0.25) is 9.98 Å². The standard InChI is InChI=1S/C9H10N2/c1-3-8-7-10-6-5-9(8)11-4-2/h3-7H,1H2,2H3. The van der Waals surface area contributed by atoms with Gasteiger partial charge in [0, 0.05) is 24.2 Å². The van der Waals surface area contributed by atoms with Crippen LogP contribution in [0.1, 0.15) is 12.5 Å². The van der Waals surface area contributed by atoms with E-state index in [9.17, 15) is 0 Å².